The molecule has 7 nitrogen and oxygen atoms in total. The van der Waals surface area contributed by atoms with Crippen LogP contribution in [0.15, 0.2) is 106 Å². The Balaban J connectivity index is 1.92. The van der Waals surface area contributed by atoms with Crippen molar-refractivity contribution in [2.45, 2.75) is 16.6 Å². The third-order valence-electron chi connectivity index (χ3n) is 6.02. The topological polar surface area (TPSA) is 106 Å². The van der Waals surface area contributed by atoms with Gasteiger partial charge in [0.05, 0.1) is 43.0 Å². The fourth-order valence-electron chi connectivity index (χ4n) is 4.27. The molecule has 0 fully saturated rings. The van der Waals surface area contributed by atoms with Gasteiger partial charge in [0.25, 0.3) is 0 Å². The Kier molecular flexibility index (Phi) is 8.14. The largest absolute Gasteiger partial charge is 0.466 e. The monoisotopic (exact) mass is 529 g/mol. The Morgan fingerprint density at radius 3 is 2.24 bits per heavy atom. The van der Waals surface area contributed by atoms with Gasteiger partial charge in [0, 0.05) is 10.6 Å². The lowest BCUT2D eigenvalue weighted by Gasteiger charge is -2.36. The molecular weight excluding hydrogens is 505 g/mol. The summed E-state index contributed by atoms with van der Waals surface area (Å²) in [6.45, 7) is 0. The molecule has 0 spiro atoms. The Bertz CT molecular complexity index is 1460. The Morgan fingerprint density at radius 2 is 1.61 bits per heavy atom. The van der Waals surface area contributed by atoms with Crippen molar-refractivity contribution in [3.63, 3.8) is 0 Å². The number of nitrogens with zero attached hydrogens (tertiary/aromatic N) is 2. The quantitative estimate of drug-likeness (QED) is 0.336. The number of nitrogens with two attached hydrogens (primary N) is 1. The first kappa shape index (κ1) is 26.5. The number of thioether (sulfide) groups is 1. The molecule has 0 amide bonds. The molecule has 0 aliphatic carbocycles. The Labute approximate surface area is 224 Å². The van der Waals surface area contributed by atoms with E-state index in [1.54, 1.807) is 54.6 Å². The number of esters is 2. The van der Waals surface area contributed by atoms with Gasteiger partial charge in [-0.2, -0.15) is 5.26 Å². The molecule has 1 aliphatic heterocycles. The van der Waals surface area contributed by atoms with Gasteiger partial charge in [-0.3, -0.25) is 4.90 Å². The first-order chi connectivity index (χ1) is 18.4. The van der Waals surface area contributed by atoms with E-state index in [2.05, 4.69) is 6.07 Å². The van der Waals surface area contributed by atoms with E-state index in [9.17, 15) is 19.2 Å². The maximum Gasteiger partial charge on any atom is 0.355 e. The van der Waals surface area contributed by atoms with Crippen LogP contribution >= 0.6 is 11.8 Å². The van der Waals surface area contributed by atoms with E-state index < -0.39 is 17.9 Å². The minimum atomic E-state index is -0.946. The molecule has 1 atom stereocenters. The summed E-state index contributed by atoms with van der Waals surface area (Å²) in [5.41, 5.74) is 8.44. The van der Waals surface area contributed by atoms with Crippen molar-refractivity contribution in [1.82, 2.24) is 0 Å². The van der Waals surface area contributed by atoms with E-state index in [4.69, 9.17) is 15.2 Å². The number of rotatable bonds is 7. The van der Waals surface area contributed by atoms with E-state index >= 15 is 0 Å². The van der Waals surface area contributed by atoms with Crippen molar-refractivity contribution in [2.24, 2.45) is 5.73 Å². The van der Waals surface area contributed by atoms with Crippen molar-refractivity contribution in [1.29, 1.82) is 5.26 Å². The summed E-state index contributed by atoms with van der Waals surface area (Å²) in [5, 5.41) is 10.2. The summed E-state index contributed by atoms with van der Waals surface area (Å²) in [4.78, 5) is 28.6. The van der Waals surface area contributed by atoms with Gasteiger partial charge in [0.1, 0.15) is 17.3 Å². The molecule has 0 bridgehead atoms. The van der Waals surface area contributed by atoms with Gasteiger partial charge in [-0.1, -0.05) is 54.6 Å². The summed E-state index contributed by atoms with van der Waals surface area (Å²) in [5.74, 6) is -2.40. The second-order valence-corrected chi connectivity index (χ2v) is 9.24. The average molecular weight is 530 g/mol. The van der Waals surface area contributed by atoms with Gasteiger partial charge in [0.15, 0.2) is 0 Å². The Hall–Kier alpha value is -4.55. The summed E-state index contributed by atoms with van der Waals surface area (Å²) < 4.78 is 23.5. The minimum absolute atomic E-state index is 0.00996. The van der Waals surface area contributed by atoms with Crippen LogP contribution in [0.4, 0.5) is 10.1 Å². The zero-order valence-electron chi connectivity index (χ0n) is 20.7. The normalized spacial score (nSPS) is 15.2. The van der Waals surface area contributed by atoms with Crippen LogP contribution in [0.3, 0.4) is 0 Å². The number of allylic oxidation sites excluding steroid dienone is 1. The maximum absolute atomic E-state index is 13.4. The second kappa shape index (κ2) is 11.7. The predicted molar refractivity (Wildman–Crippen MR) is 142 cm³/mol. The van der Waals surface area contributed by atoms with Gasteiger partial charge in [0.2, 0.25) is 0 Å². The van der Waals surface area contributed by atoms with Gasteiger partial charge in [-0.05, 0) is 35.4 Å². The highest BCUT2D eigenvalue weighted by atomic mass is 32.2. The molecule has 1 heterocycles. The first-order valence-corrected chi connectivity index (χ1v) is 12.5. The molecule has 0 aromatic heterocycles. The zero-order chi connectivity index (χ0) is 27.2. The number of halogens is 1. The van der Waals surface area contributed by atoms with Crippen LogP contribution in [-0.4, -0.2) is 26.2 Å². The van der Waals surface area contributed by atoms with Crippen LogP contribution in [0.2, 0.25) is 0 Å². The molecule has 0 saturated carbocycles. The number of carbonyl (C=O) groups is 2. The summed E-state index contributed by atoms with van der Waals surface area (Å²) in [7, 11) is 2.41. The molecule has 9 heteroatoms. The van der Waals surface area contributed by atoms with Crippen molar-refractivity contribution in [3.05, 3.63) is 118 Å². The van der Waals surface area contributed by atoms with Crippen molar-refractivity contribution >= 4 is 29.4 Å². The van der Waals surface area contributed by atoms with Crippen molar-refractivity contribution in [2.75, 3.05) is 19.1 Å². The molecule has 38 heavy (non-hydrogen) atoms. The number of carbonyl (C=O) groups excluding carboxylic acids is 2. The number of hydrogen-bond donors (Lipinski definition) is 1. The molecule has 0 radical (unpaired) electrons. The SMILES string of the molecule is COC(=O)C1=C(C(=O)OC)N(c2ccccc2SCc2ccc(F)cc2)C(N)=C(C#N)C1c1ccccc1. The lowest BCUT2D eigenvalue weighted by Crippen LogP contribution is -2.41. The molecule has 0 saturated heterocycles. The summed E-state index contributed by atoms with van der Waals surface area (Å²) >= 11 is 1.43. The maximum atomic E-state index is 13.4. The highest BCUT2D eigenvalue weighted by molar-refractivity contribution is 7.98. The molecule has 2 N–H and O–H groups in total. The highest BCUT2D eigenvalue weighted by Crippen LogP contribution is 2.45. The molecular formula is C29H24FN3O4S. The number of benzene rings is 3. The van der Waals surface area contributed by atoms with E-state index in [1.807, 2.05) is 12.1 Å². The highest BCUT2D eigenvalue weighted by Gasteiger charge is 2.43. The molecule has 4 rings (SSSR count). The van der Waals surface area contributed by atoms with Gasteiger partial charge >= 0.3 is 11.9 Å². The minimum Gasteiger partial charge on any atom is -0.466 e. The Morgan fingerprint density at radius 1 is 0.974 bits per heavy atom. The van der Waals surface area contributed by atoms with Crippen molar-refractivity contribution in [3.8, 4) is 6.07 Å². The average Bonchev–Trinajstić information content (AvgIpc) is 2.96. The zero-order valence-corrected chi connectivity index (χ0v) is 21.5. The van der Waals surface area contributed by atoms with E-state index in [-0.39, 0.29) is 28.5 Å². The molecule has 1 aliphatic rings. The van der Waals surface area contributed by atoms with Gasteiger partial charge in [-0.25, -0.2) is 14.0 Å². The predicted octanol–water partition coefficient (Wildman–Crippen LogP) is 5.02. The van der Waals surface area contributed by atoms with Crippen LogP contribution in [0.5, 0.6) is 0 Å². The molecule has 192 valence electrons. The van der Waals surface area contributed by atoms with Gasteiger partial charge in [-0.15, -0.1) is 11.8 Å². The van der Waals surface area contributed by atoms with E-state index in [0.717, 1.165) is 5.56 Å². The van der Waals surface area contributed by atoms with E-state index in [1.165, 1.54) is 43.0 Å². The number of anilines is 1. The first-order valence-electron chi connectivity index (χ1n) is 11.5. The number of ether oxygens (including phenoxy) is 2. The lowest BCUT2D eigenvalue weighted by atomic mass is 9.81. The summed E-state index contributed by atoms with van der Waals surface area (Å²) in [6.07, 6.45) is 0. The molecule has 3 aromatic carbocycles. The fourth-order valence-corrected chi connectivity index (χ4v) is 5.27. The number of para-hydroxylation sites is 1. The van der Waals surface area contributed by atoms with Crippen LogP contribution in [0, 0.1) is 17.1 Å². The van der Waals surface area contributed by atoms with Crippen LogP contribution < -0.4 is 10.6 Å². The number of hydrogen-bond acceptors (Lipinski definition) is 8. The van der Waals surface area contributed by atoms with Gasteiger partial charge < -0.3 is 15.2 Å². The third-order valence-corrected chi connectivity index (χ3v) is 7.16. The molecule has 1 unspecified atom stereocenters. The number of nitriles is 1. The van der Waals surface area contributed by atoms with Crippen LogP contribution in [0.1, 0.15) is 17.0 Å². The molecule has 3 aromatic rings. The third kappa shape index (κ3) is 5.12. The standard InChI is InChI=1S/C29H24FN3O4S/c1-36-28(34)25-24(19-8-4-3-5-9-19)21(16-31)27(32)33(26(25)29(35)37-2)22-10-6-7-11-23(22)38-17-18-12-14-20(30)15-13-18/h3-15,24H,17,32H2,1-2H3. The van der Waals surface area contributed by atoms with Crippen LogP contribution in [-0.2, 0) is 24.8 Å². The van der Waals surface area contributed by atoms with Crippen LogP contribution in [0.25, 0.3) is 0 Å². The number of methoxy groups -OCH3 is 2. The van der Waals surface area contributed by atoms with E-state index in [0.29, 0.717) is 21.9 Å². The fraction of sp³-hybridized carbons (Fsp3) is 0.138. The second-order valence-electron chi connectivity index (χ2n) is 8.22. The lowest BCUT2D eigenvalue weighted by molar-refractivity contribution is -0.139. The van der Waals surface area contributed by atoms with Crippen molar-refractivity contribution < 1.29 is 23.5 Å². The summed E-state index contributed by atoms with van der Waals surface area (Å²) in [6, 6.07) is 24.3. The smallest absolute Gasteiger partial charge is 0.355 e.